The number of aromatic nitrogens is 5. The molecule has 1 aromatic carbocycles. The molecule has 4 aromatic rings. The molecule has 208 valence electrons. The SMILES string of the molecule is CCc1cc(Nc2nccn3c(-c4cn(CCO)nc4C(F)(F)F)cnc23)ccc1C(=O)NCCOCCN. The van der Waals surface area contributed by atoms with E-state index in [1.165, 1.54) is 29.2 Å². The van der Waals surface area contributed by atoms with Crippen LogP contribution in [-0.2, 0) is 23.9 Å². The number of hydrogen-bond donors (Lipinski definition) is 4. The van der Waals surface area contributed by atoms with E-state index in [9.17, 15) is 18.0 Å². The first kappa shape index (κ1) is 28.0. The molecule has 3 aromatic heterocycles. The molecule has 14 heteroatoms. The smallest absolute Gasteiger partial charge is 0.394 e. The van der Waals surface area contributed by atoms with Crippen molar-refractivity contribution in [2.45, 2.75) is 26.1 Å². The zero-order valence-corrected chi connectivity index (χ0v) is 21.2. The Kier molecular flexibility index (Phi) is 8.79. The van der Waals surface area contributed by atoms with Gasteiger partial charge in [0.25, 0.3) is 5.91 Å². The number of carbonyl (C=O) groups is 1. The number of carbonyl (C=O) groups excluding carboxylic acids is 1. The molecule has 0 saturated heterocycles. The third kappa shape index (κ3) is 6.35. The van der Waals surface area contributed by atoms with E-state index in [1.54, 1.807) is 12.1 Å². The number of amides is 1. The lowest BCUT2D eigenvalue weighted by molar-refractivity contribution is -0.141. The van der Waals surface area contributed by atoms with Crippen molar-refractivity contribution in [1.82, 2.24) is 29.5 Å². The van der Waals surface area contributed by atoms with Gasteiger partial charge in [0.2, 0.25) is 0 Å². The minimum absolute atomic E-state index is 0.0793. The van der Waals surface area contributed by atoms with E-state index in [4.69, 9.17) is 15.6 Å². The summed E-state index contributed by atoms with van der Waals surface area (Å²) in [7, 11) is 0. The summed E-state index contributed by atoms with van der Waals surface area (Å²) in [5, 5.41) is 18.7. The number of nitrogens with two attached hydrogens (primary N) is 1. The van der Waals surface area contributed by atoms with Crippen LogP contribution in [0, 0.1) is 0 Å². The van der Waals surface area contributed by atoms with E-state index in [2.05, 4.69) is 25.7 Å². The highest BCUT2D eigenvalue weighted by atomic mass is 19.4. The van der Waals surface area contributed by atoms with Gasteiger partial charge in [-0.3, -0.25) is 13.9 Å². The Balaban J connectivity index is 1.59. The molecule has 3 heterocycles. The molecule has 0 radical (unpaired) electrons. The third-order valence-corrected chi connectivity index (χ3v) is 5.85. The summed E-state index contributed by atoms with van der Waals surface area (Å²) in [6, 6.07) is 5.23. The van der Waals surface area contributed by atoms with Crippen LogP contribution < -0.4 is 16.4 Å². The molecule has 0 saturated carbocycles. The van der Waals surface area contributed by atoms with Gasteiger partial charge in [-0.2, -0.15) is 18.3 Å². The molecular weight excluding hydrogens is 517 g/mol. The van der Waals surface area contributed by atoms with Crippen LogP contribution in [0.4, 0.5) is 24.7 Å². The maximum atomic E-state index is 13.7. The summed E-state index contributed by atoms with van der Waals surface area (Å²) in [5.74, 6) is 0.0893. The highest BCUT2D eigenvalue weighted by Gasteiger charge is 2.38. The van der Waals surface area contributed by atoms with Crippen molar-refractivity contribution >= 4 is 23.1 Å². The van der Waals surface area contributed by atoms with Crippen molar-refractivity contribution in [2.24, 2.45) is 5.73 Å². The maximum Gasteiger partial charge on any atom is 0.435 e. The van der Waals surface area contributed by atoms with Crippen molar-refractivity contribution in [3.63, 3.8) is 0 Å². The molecule has 0 unspecified atom stereocenters. The van der Waals surface area contributed by atoms with Gasteiger partial charge in [0.05, 0.1) is 43.8 Å². The molecule has 0 spiro atoms. The standard InChI is InChI=1S/C25H29F3N8O3/c1-2-16-13-17(3-4-18(16)24(38)31-7-12-39-11-5-29)33-22-23-32-14-20(36(23)8-6-30-22)19-15-35(9-10-37)34-21(19)25(26,27)28/h3-4,6,8,13-15,37H,2,5,7,9-12,29H2,1H3,(H,30,33)(H,31,38). The number of ether oxygens (including phenoxy) is 1. The van der Waals surface area contributed by atoms with Crippen LogP contribution >= 0.6 is 0 Å². The van der Waals surface area contributed by atoms with Gasteiger partial charge in [0.15, 0.2) is 17.2 Å². The van der Waals surface area contributed by atoms with Crippen molar-refractivity contribution in [2.75, 3.05) is 38.2 Å². The average molecular weight is 547 g/mol. The number of alkyl halides is 3. The molecule has 11 nitrogen and oxygen atoms in total. The lowest BCUT2D eigenvalue weighted by Crippen LogP contribution is -2.28. The summed E-state index contributed by atoms with van der Waals surface area (Å²) < 4.78 is 48.9. The molecule has 0 bridgehead atoms. The third-order valence-electron chi connectivity index (χ3n) is 5.85. The molecular formula is C25H29F3N8O3. The number of nitrogens with one attached hydrogen (secondary N) is 2. The van der Waals surface area contributed by atoms with E-state index in [1.807, 2.05) is 13.0 Å². The molecule has 0 aliphatic heterocycles. The van der Waals surface area contributed by atoms with E-state index in [0.717, 1.165) is 10.2 Å². The Labute approximate surface area is 221 Å². The Hall–Kier alpha value is -4.01. The molecule has 0 aliphatic rings. The number of aliphatic hydroxyl groups excluding tert-OH is 1. The average Bonchev–Trinajstić information content (AvgIpc) is 3.53. The molecule has 1 amide bonds. The second-order valence-electron chi connectivity index (χ2n) is 8.50. The molecule has 0 fully saturated rings. The van der Waals surface area contributed by atoms with Crippen molar-refractivity contribution in [1.29, 1.82) is 0 Å². The molecule has 0 aliphatic carbocycles. The minimum Gasteiger partial charge on any atom is -0.394 e. The Morgan fingerprint density at radius 3 is 2.77 bits per heavy atom. The number of imidazole rings is 1. The second-order valence-corrected chi connectivity index (χ2v) is 8.50. The van der Waals surface area contributed by atoms with Gasteiger partial charge in [0, 0.05) is 42.9 Å². The summed E-state index contributed by atoms with van der Waals surface area (Å²) in [4.78, 5) is 21.3. The quantitative estimate of drug-likeness (QED) is 0.199. The van der Waals surface area contributed by atoms with Crippen LogP contribution in [-0.4, -0.2) is 68.1 Å². The van der Waals surface area contributed by atoms with Gasteiger partial charge in [-0.25, -0.2) is 9.97 Å². The van der Waals surface area contributed by atoms with E-state index in [-0.39, 0.29) is 30.3 Å². The van der Waals surface area contributed by atoms with Gasteiger partial charge < -0.3 is 26.2 Å². The lowest BCUT2D eigenvalue weighted by Gasteiger charge is -2.13. The number of rotatable bonds is 12. The number of anilines is 2. The first-order valence-corrected chi connectivity index (χ1v) is 12.3. The summed E-state index contributed by atoms with van der Waals surface area (Å²) >= 11 is 0. The maximum absolute atomic E-state index is 13.7. The predicted octanol–water partition coefficient (Wildman–Crippen LogP) is 2.61. The van der Waals surface area contributed by atoms with Crippen LogP contribution in [0.25, 0.3) is 16.9 Å². The minimum atomic E-state index is -4.70. The summed E-state index contributed by atoms with van der Waals surface area (Å²) in [5.41, 5.74) is 6.56. The fourth-order valence-corrected chi connectivity index (χ4v) is 4.08. The topological polar surface area (TPSA) is 145 Å². The highest BCUT2D eigenvalue weighted by Crippen LogP contribution is 2.37. The van der Waals surface area contributed by atoms with Crippen LogP contribution in [0.15, 0.2) is 43.0 Å². The van der Waals surface area contributed by atoms with Gasteiger partial charge >= 0.3 is 6.18 Å². The van der Waals surface area contributed by atoms with Crippen molar-refractivity contribution in [3.8, 4) is 11.3 Å². The Morgan fingerprint density at radius 1 is 1.23 bits per heavy atom. The monoisotopic (exact) mass is 546 g/mol. The molecule has 39 heavy (non-hydrogen) atoms. The number of nitrogens with zero attached hydrogens (tertiary/aromatic N) is 5. The molecule has 0 atom stereocenters. The van der Waals surface area contributed by atoms with Gasteiger partial charge in [0.1, 0.15) is 0 Å². The Bertz CT molecular complexity index is 1430. The molecule has 5 N–H and O–H groups in total. The first-order valence-electron chi connectivity index (χ1n) is 12.3. The van der Waals surface area contributed by atoms with Gasteiger partial charge in [-0.1, -0.05) is 6.92 Å². The summed E-state index contributed by atoms with van der Waals surface area (Å²) in [6.45, 7) is 3.04. The van der Waals surface area contributed by atoms with Crippen LogP contribution in [0.1, 0.15) is 28.5 Å². The van der Waals surface area contributed by atoms with Crippen molar-refractivity contribution in [3.05, 3.63) is 59.8 Å². The second kappa shape index (κ2) is 12.2. The van der Waals surface area contributed by atoms with Crippen LogP contribution in [0.2, 0.25) is 0 Å². The normalized spacial score (nSPS) is 11.7. The fraction of sp³-hybridized carbons (Fsp3) is 0.360. The predicted molar refractivity (Wildman–Crippen MR) is 138 cm³/mol. The van der Waals surface area contributed by atoms with Crippen LogP contribution in [0.3, 0.4) is 0 Å². The number of hydrogen-bond acceptors (Lipinski definition) is 8. The number of aliphatic hydroxyl groups is 1. The van der Waals surface area contributed by atoms with Gasteiger partial charge in [-0.15, -0.1) is 0 Å². The number of halogens is 3. The fourth-order valence-electron chi connectivity index (χ4n) is 4.08. The van der Waals surface area contributed by atoms with Crippen molar-refractivity contribution < 1.29 is 27.8 Å². The van der Waals surface area contributed by atoms with Gasteiger partial charge in [-0.05, 0) is 30.2 Å². The number of aryl methyl sites for hydroxylation is 1. The number of benzene rings is 1. The summed E-state index contributed by atoms with van der Waals surface area (Å²) in [6.07, 6.45) is 1.40. The van der Waals surface area contributed by atoms with E-state index >= 15 is 0 Å². The molecule has 4 rings (SSSR count). The highest BCUT2D eigenvalue weighted by molar-refractivity contribution is 5.96. The Morgan fingerprint density at radius 2 is 2.05 bits per heavy atom. The van der Waals surface area contributed by atoms with E-state index in [0.29, 0.717) is 55.4 Å². The van der Waals surface area contributed by atoms with E-state index < -0.39 is 11.9 Å². The first-order chi connectivity index (χ1) is 18.8. The lowest BCUT2D eigenvalue weighted by atomic mass is 10.0. The largest absolute Gasteiger partial charge is 0.435 e. The number of fused-ring (bicyclic) bond motifs is 1. The zero-order valence-electron chi connectivity index (χ0n) is 21.2. The zero-order chi connectivity index (χ0) is 28.0. The van der Waals surface area contributed by atoms with Crippen LogP contribution in [0.5, 0.6) is 0 Å².